The summed E-state index contributed by atoms with van der Waals surface area (Å²) in [4.78, 5) is 4.47. The highest BCUT2D eigenvalue weighted by Gasteiger charge is 2.34. The Balaban J connectivity index is 1.92. The molecule has 0 aliphatic heterocycles. The number of aromatic nitrogens is 1. The minimum absolute atomic E-state index is 0.0665. The van der Waals surface area contributed by atoms with E-state index in [2.05, 4.69) is 41.9 Å². The average Bonchev–Trinajstić information content (AvgIpc) is 2.94. The second-order valence-electron chi connectivity index (χ2n) is 5.96. The molecule has 5 heteroatoms. The molecule has 1 saturated carbocycles. The quantitative estimate of drug-likeness (QED) is 0.605. The molecule has 0 spiro atoms. The van der Waals surface area contributed by atoms with Crippen molar-refractivity contribution in [2.75, 3.05) is 0 Å². The lowest BCUT2D eigenvalue weighted by molar-refractivity contribution is 0.0842. The van der Waals surface area contributed by atoms with Crippen molar-refractivity contribution in [2.24, 2.45) is 0 Å². The molecule has 1 fully saturated rings. The van der Waals surface area contributed by atoms with E-state index in [1.807, 2.05) is 17.5 Å². The van der Waals surface area contributed by atoms with E-state index in [4.69, 9.17) is 4.65 Å². The van der Waals surface area contributed by atoms with Crippen LogP contribution in [-0.2, 0) is 4.65 Å². The van der Waals surface area contributed by atoms with Gasteiger partial charge < -0.3 is 4.65 Å². The zero-order valence-corrected chi connectivity index (χ0v) is 13.1. The molecule has 1 aromatic heterocycles. The van der Waals surface area contributed by atoms with Gasteiger partial charge in [-0.3, -0.25) is 0 Å². The number of hydrogen-bond donors (Lipinski definition) is 0. The van der Waals surface area contributed by atoms with E-state index in [0.29, 0.717) is 7.48 Å². The summed E-state index contributed by atoms with van der Waals surface area (Å²) in [5, 5.41) is 1.36. The molecule has 1 heterocycles. The van der Waals surface area contributed by atoms with Crippen molar-refractivity contribution < 1.29 is 4.65 Å². The highest BCUT2D eigenvalue weighted by Crippen LogP contribution is 2.40. The van der Waals surface area contributed by atoms with E-state index in [1.54, 1.807) is 0 Å². The Kier molecular flexibility index (Phi) is 3.69. The molecule has 2 rings (SSSR count). The largest absolute Gasteiger partial charge is 0.428 e. The van der Waals surface area contributed by atoms with E-state index in [0.717, 1.165) is 5.92 Å². The minimum atomic E-state index is -0.151. The van der Waals surface area contributed by atoms with Crippen LogP contribution < -0.4 is 4.78 Å². The van der Waals surface area contributed by atoms with Gasteiger partial charge in [0, 0.05) is 22.0 Å². The smallest absolute Gasteiger partial charge is 0.321 e. The zero-order valence-electron chi connectivity index (χ0n) is 11.1. The van der Waals surface area contributed by atoms with Gasteiger partial charge in [-0.15, -0.1) is 20.6 Å². The minimum Gasteiger partial charge on any atom is -0.428 e. The van der Waals surface area contributed by atoms with Gasteiger partial charge in [0.1, 0.15) is 0 Å². The van der Waals surface area contributed by atoms with Crippen LogP contribution >= 0.6 is 20.6 Å². The molecule has 1 unspecified atom stereocenters. The molecule has 1 aliphatic rings. The highest BCUT2D eigenvalue weighted by molar-refractivity contribution is 7.20. The number of rotatable bonds is 5. The van der Waals surface area contributed by atoms with Gasteiger partial charge in [0.2, 0.25) is 0 Å². The zero-order chi connectivity index (χ0) is 12.7. The van der Waals surface area contributed by atoms with Crippen molar-refractivity contribution in [1.29, 1.82) is 0 Å². The summed E-state index contributed by atoms with van der Waals surface area (Å²) in [7, 11) is 3.54. The van der Waals surface area contributed by atoms with Crippen LogP contribution in [0.4, 0.5) is 0 Å². The number of hydrogen-bond acceptors (Lipinski definition) is 3. The summed E-state index contributed by atoms with van der Waals surface area (Å²) >= 11 is 1.81. The topological polar surface area (TPSA) is 22.1 Å². The monoisotopic (exact) mass is 269 g/mol. The highest BCUT2D eigenvalue weighted by atomic mass is 32.1. The maximum Gasteiger partial charge on any atom is 0.321 e. The molecule has 0 aromatic carbocycles. The Morgan fingerprint density at radius 2 is 2.06 bits per heavy atom. The summed E-state index contributed by atoms with van der Waals surface area (Å²) in [5.41, 5.74) is -0.151. The third-order valence-corrected chi connectivity index (χ3v) is 5.45. The van der Waals surface area contributed by atoms with E-state index < -0.39 is 0 Å². The first-order chi connectivity index (χ1) is 7.79. The molecule has 94 valence electrons. The van der Waals surface area contributed by atoms with E-state index in [9.17, 15) is 0 Å². The summed E-state index contributed by atoms with van der Waals surface area (Å²) in [5.74, 6) is 0.750. The Labute approximate surface area is 111 Å². The van der Waals surface area contributed by atoms with Crippen LogP contribution in [0.3, 0.4) is 0 Å². The fourth-order valence-corrected chi connectivity index (χ4v) is 2.43. The van der Waals surface area contributed by atoms with Gasteiger partial charge in [-0.2, -0.15) is 0 Å². The molecule has 1 aromatic rings. The van der Waals surface area contributed by atoms with Crippen molar-refractivity contribution in [1.82, 2.24) is 4.98 Å². The lowest BCUT2D eigenvalue weighted by Crippen LogP contribution is -2.44. The summed E-state index contributed by atoms with van der Waals surface area (Å²) in [6.45, 7) is 8.64. The van der Waals surface area contributed by atoms with Gasteiger partial charge in [-0.25, -0.2) is 4.98 Å². The normalized spacial score (nSPS) is 17.2. The van der Waals surface area contributed by atoms with Gasteiger partial charge in [-0.05, 0) is 26.7 Å². The lowest BCUT2D eigenvalue weighted by atomic mass is 9.89. The first-order valence-corrected chi connectivity index (χ1v) is 7.56. The van der Waals surface area contributed by atoms with Crippen LogP contribution in [0.15, 0.2) is 6.20 Å². The fourth-order valence-electron chi connectivity index (χ4n) is 1.35. The van der Waals surface area contributed by atoms with Gasteiger partial charge >= 0.3 is 7.48 Å². The Morgan fingerprint density at radius 3 is 2.59 bits per heavy atom. The molecule has 0 N–H and O–H groups in total. The van der Waals surface area contributed by atoms with Crippen LogP contribution in [-0.4, -0.2) is 23.2 Å². The van der Waals surface area contributed by atoms with Crippen molar-refractivity contribution in [3.05, 3.63) is 11.2 Å². The van der Waals surface area contributed by atoms with Gasteiger partial charge in [0.15, 0.2) is 0 Å². The summed E-state index contributed by atoms with van der Waals surface area (Å²) < 4.78 is 7.29. The maximum absolute atomic E-state index is 6.04. The van der Waals surface area contributed by atoms with Gasteiger partial charge in [0.05, 0.1) is 10.6 Å². The first kappa shape index (κ1) is 13.5. The second-order valence-corrected chi connectivity index (χ2v) is 8.55. The fraction of sp³-hybridized carbons (Fsp3) is 0.750. The Morgan fingerprint density at radius 1 is 1.41 bits per heavy atom. The molecular formula is C12H21BNOPS. The summed E-state index contributed by atoms with van der Waals surface area (Å²) in [6, 6.07) is 0. The van der Waals surface area contributed by atoms with Crippen molar-refractivity contribution in [3.63, 3.8) is 0 Å². The van der Waals surface area contributed by atoms with Gasteiger partial charge in [-0.1, -0.05) is 13.8 Å². The molecule has 0 amide bonds. The Bertz CT molecular complexity index is 395. The average molecular weight is 269 g/mol. The van der Waals surface area contributed by atoms with Crippen molar-refractivity contribution >= 4 is 32.8 Å². The van der Waals surface area contributed by atoms with E-state index in [1.165, 1.54) is 22.6 Å². The molecule has 0 radical (unpaired) electrons. The van der Waals surface area contributed by atoms with Crippen LogP contribution in [0, 0.1) is 0 Å². The lowest BCUT2D eigenvalue weighted by Gasteiger charge is -2.38. The van der Waals surface area contributed by atoms with Gasteiger partial charge in [0.25, 0.3) is 0 Å². The van der Waals surface area contributed by atoms with Crippen LogP contribution in [0.2, 0.25) is 0 Å². The second kappa shape index (κ2) is 4.64. The predicted octanol–water partition coefficient (Wildman–Crippen LogP) is 2.45. The SMILES string of the molecule is CC(C)(P)C(C)(C)OBc1cnc(C2CC2)s1. The Hall–Kier alpha value is 0.0849. The molecular weight excluding hydrogens is 248 g/mol. The maximum atomic E-state index is 6.04. The third-order valence-electron chi connectivity index (χ3n) is 3.63. The number of nitrogens with zero attached hydrogens (tertiary/aromatic N) is 1. The molecule has 0 bridgehead atoms. The van der Waals surface area contributed by atoms with Crippen LogP contribution in [0.25, 0.3) is 0 Å². The molecule has 1 aliphatic carbocycles. The predicted molar refractivity (Wildman–Crippen MR) is 79.8 cm³/mol. The molecule has 1 atom stereocenters. The summed E-state index contributed by atoms with van der Waals surface area (Å²) in [6.07, 6.45) is 4.61. The molecule has 0 saturated heterocycles. The standard InChI is InChI=1S/C12H21BNOPS/c1-11(2,12(3,4)16)15-13-9-7-14-10(17-9)8-5-6-8/h7-8,13H,5-6,16H2,1-4H3. The molecule has 17 heavy (non-hydrogen) atoms. The van der Waals surface area contributed by atoms with E-state index in [-0.39, 0.29) is 10.8 Å². The van der Waals surface area contributed by atoms with Crippen molar-refractivity contribution in [2.45, 2.75) is 57.2 Å². The van der Waals surface area contributed by atoms with E-state index >= 15 is 0 Å². The third kappa shape index (κ3) is 3.30. The van der Waals surface area contributed by atoms with Crippen LogP contribution in [0.5, 0.6) is 0 Å². The molecule has 2 nitrogen and oxygen atoms in total. The van der Waals surface area contributed by atoms with Crippen molar-refractivity contribution in [3.8, 4) is 0 Å². The first-order valence-electron chi connectivity index (χ1n) is 6.17. The van der Waals surface area contributed by atoms with Crippen LogP contribution in [0.1, 0.15) is 51.5 Å². The number of thiazole rings is 1.